The number of hydrogen-bond donors (Lipinski definition) is 0. The second-order valence-corrected chi connectivity index (χ2v) is 9.95. The van der Waals surface area contributed by atoms with Crippen LogP contribution in [0.1, 0.15) is 43.2 Å². The lowest BCUT2D eigenvalue weighted by atomic mass is 10.0. The third-order valence-corrected chi connectivity index (χ3v) is 7.51. The lowest BCUT2D eigenvalue weighted by Gasteiger charge is -2.30. The molecule has 35 heavy (non-hydrogen) atoms. The van der Waals surface area contributed by atoms with Crippen molar-refractivity contribution in [2.75, 3.05) is 26.6 Å². The van der Waals surface area contributed by atoms with E-state index in [0.717, 1.165) is 37.7 Å². The topological polar surface area (TPSA) is 24.9 Å². The van der Waals surface area contributed by atoms with Crippen LogP contribution in [0.5, 0.6) is 11.5 Å². The Kier molecular flexibility index (Phi) is 6.57. The monoisotopic (exact) mass is 466 g/mol. The Labute approximate surface area is 208 Å². The highest BCUT2D eigenvalue weighted by Crippen LogP contribution is 2.33. The summed E-state index contributed by atoms with van der Waals surface area (Å²) in [5, 5.41) is 5.25. The molecule has 0 aliphatic carbocycles. The van der Waals surface area contributed by atoms with Crippen LogP contribution in [-0.2, 0) is 13.1 Å². The van der Waals surface area contributed by atoms with Crippen LogP contribution in [0, 0.1) is 0 Å². The third kappa shape index (κ3) is 4.86. The number of fused-ring (bicyclic) bond motifs is 6. The Morgan fingerprint density at radius 1 is 0.514 bits per heavy atom. The first-order valence-electron chi connectivity index (χ1n) is 13.1. The minimum atomic E-state index is 0.705. The molecule has 0 amide bonds. The smallest absolute Gasteiger partial charge is 0.142 e. The van der Waals surface area contributed by atoms with Gasteiger partial charge in [-0.1, -0.05) is 79.9 Å². The third-order valence-electron chi connectivity index (χ3n) is 7.51. The molecule has 0 saturated carbocycles. The molecule has 0 N–H and O–H groups in total. The molecule has 180 valence electrons. The summed E-state index contributed by atoms with van der Waals surface area (Å²) >= 11 is 0. The van der Waals surface area contributed by atoms with Crippen molar-refractivity contribution >= 4 is 21.5 Å². The Morgan fingerprint density at radius 2 is 0.971 bits per heavy atom. The van der Waals surface area contributed by atoms with Crippen LogP contribution in [0.15, 0.2) is 72.8 Å². The fourth-order valence-electron chi connectivity index (χ4n) is 5.58. The second kappa shape index (κ2) is 10.3. The van der Waals surface area contributed by atoms with Gasteiger partial charge in [0.25, 0.3) is 0 Å². The quantitative estimate of drug-likeness (QED) is 0.262. The lowest BCUT2D eigenvalue weighted by Crippen LogP contribution is -2.33. The van der Waals surface area contributed by atoms with Crippen molar-refractivity contribution in [3.8, 4) is 11.5 Å². The maximum atomic E-state index is 6.07. The van der Waals surface area contributed by atoms with Gasteiger partial charge in [-0.3, -0.25) is 9.80 Å². The normalized spacial score (nSPS) is 16.0. The van der Waals surface area contributed by atoms with Crippen LogP contribution in [-0.4, -0.2) is 36.4 Å². The van der Waals surface area contributed by atoms with Crippen LogP contribution in [0.4, 0.5) is 0 Å². The van der Waals surface area contributed by atoms with Gasteiger partial charge in [0.1, 0.15) is 25.0 Å². The van der Waals surface area contributed by atoms with E-state index in [2.05, 4.69) is 82.6 Å². The van der Waals surface area contributed by atoms with Gasteiger partial charge in [0.15, 0.2) is 0 Å². The van der Waals surface area contributed by atoms with Crippen molar-refractivity contribution in [2.45, 2.75) is 45.2 Å². The molecule has 6 rings (SSSR count). The summed E-state index contributed by atoms with van der Waals surface area (Å²) in [6, 6.07) is 25.9. The predicted octanol–water partition coefficient (Wildman–Crippen LogP) is 6.95. The zero-order valence-corrected chi connectivity index (χ0v) is 20.4. The SMILES string of the molecule is c1ccc2c3c(ccc2c1)OCN(CCCCCCCN1COc2ccc4ccccc4c2C1)C3. The molecule has 4 nitrogen and oxygen atoms in total. The lowest BCUT2D eigenvalue weighted by molar-refractivity contribution is 0.0925. The first kappa shape index (κ1) is 22.4. The first-order valence-corrected chi connectivity index (χ1v) is 13.1. The molecule has 0 spiro atoms. The van der Waals surface area contributed by atoms with E-state index in [1.807, 2.05) is 0 Å². The van der Waals surface area contributed by atoms with Gasteiger partial charge in [0.05, 0.1) is 0 Å². The zero-order valence-electron chi connectivity index (χ0n) is 20.4. The average Bonchev–Trinajstić information content (AvgIpc) is 2.92. The van der Waals surface area contributed by atoms with Crippen molar-refractivity contribution in [1.29, 1.82) is 0 Å². The highest BCUT2D eigenvalue weighted by atomic mass is 16.5. The van der Waals surface area contributed by atoms with Gasteiger partial charge in [-0.25, -0.2) is 0 Å². The van der Waals surface area contributed by atoms with Crippen LogP contribution < -0.4 is 9.47 Å². The van der Waals surface area contributed by atoms with E-state index >= 15 is 0 Å². The van der Waals surface area contributed by atoms with E-state index in [-0.39, 0.29) is 0 Å². The maximum absolute atomic E-state index is 6.07. The molecule has 0 saturated heterocycles. The molecular formula is C31H34N2O2. The van der Waals surface area contributed by atoms with Gasteiger partial charge < -0.3 is 9.47 Å². The van der Waals surface area contributed by atoms with Crippen molar-refractivity contribution in [3.63, 3.8) is 0 Å². The van der Waals surface area contributed by atoms with Crippen molar-refractivity contribution in [1.82, 2.24) is 9.80 Å². The number of benzene rings is 4. The molecule has 4 aromatic rings. The maximum Gasteiger partial charge on any atom is 0.142 e. The molecule has 4 aromatic carbocycles. The van der Waals surface area contributed by atoms with E-state index in [1.54, 1.807) is 0 Å². The Bertz CT molecular complexity index is 1220. The first-order chi connectivity index (χ1) is 17.3. The van der Waals surface area contributed by atoms with Crippen LogP contribution in [0.2, 0.25) is 0 Å². The molecule has 0 unspecified atom stereocenters. The van der Waals surface area contributed by atoms with Gasteiger partial charge in [0.2, 0.25) is 0 Å². The standard InChI is InChI=1S/C31H34N2O2/c1(2-8-18-32-20-28-26-12-6-4-10-24(26)14-16-30(28)34-22-32)3-9-19-33-21-29-27-13-7-5-11-25(27)15-17-31(29)35-23-33/h4-7,10-17H,1-3,8-9,18-23H2. The molecule has 2 heterocycles. The summed E-state index contributed by atoms with van der Waals surface area (Å²) in [5.41, 5.74) is 2.68. The number of hydrogen-bond acceptors (Lipinski definition) is 4. The molecular weight excluding hydrogens is 432 g/mol. The number of unbranched alkanes of at least 4 members (excludes halogenated alkanes) is 4. The van der Waals surface area contributed by atoms with Crippen molar-refractivity contribution < 1.29 is 9.47 Å². The fraction of sp³-hybridized carbons (Fsp3) is 0.355. The van der Waals surface area contributed by atoms with E-state index in [1.165, 1.54) is 64.8 Å². The summed E-state index contributed by atoms with van der Waals surface area (Å²) in [6.45, 7) is 5.59. The number of ether oxygens (including phenoxy) is 2. The van der Waals surface area contributed by atoms with E-state index < -0.39 is 0 Å². The summed E-state index contributed by atoms with van der Waals surface area (Å²) in [6.07, 6.45) is 6.32. The average molecular weight is 467 g/mol. The van der Waals surface area contributed by atoms with Crippen LogP contribution in [0.25, 0.3) is 21.5 Å². The molecule has 0 radical (unpaired) electrons. The minimum absolute atomic E-state index is 0.705. The molecule has 0 bridgehead atoms. The Hall–Kier alpha value is -3.08. The molecule has 0 fully saturated rings. The van der Waals surface area contributed by atoms with Gasteiger partial charge in [-0.2, -0.15) is 0 Å². The van der Waals surface area contributed by atoms with Gasteiger partial charge >= 0.3 is 0 Å². The fourth-order valence-corrected chi connectivity index (χ4v) is 5.58. The van der Waals surface area contributed by atoms with E-state index in [9.17, 15) is 0 Å². The van der Waals surface area contributed by atoms with Gasteiger partial charge in [-0.05, 0) is 46.5 Å². The van der Waals surface area contributed by atoms with Crippen LogP contribution in [0.3, 0.4) is 0 Å². The van der Waals surface area contributed by atoms with Gasteiger partial charge in [-0.15, -0.1) is 0 Å². The van der Waals surface area contributed by atoms with E-state index in [4.69, 9.17) is 9.47 Å². The van der Waals surface area contributed by atoms with E-state index in [0.29, 0.717) is 13.5 Å². The Morgan fingerprint density at radius 3 is 1.49 bits per heavy atom. The number of nitrogens with zero attached hydrogens (tertiary/aromatic N) is 2. The molecule has 0 aromatic heterocycles. The summed E-state index contributed by atoms with van der Waals surface area (Å²) in [5.74, 6) is 2.11. The summed E-state index contributed by atoms with van der Waals surface area (Å²) < 4.78 is 12.1. The Balaban J connectivity index is 0.923. The van der Waals surface area contributed by atoms with Crippen molar-refractivity contribution in [2.24, 2.45) is 0 Å². The molecule has 4 heteroatoms. The highest BCUT2D eigenvalue weighted by Gasteiger charge is 2.20. The molecule has 0 atom stereocenters. The molecule has 2 aliphatic rings. The summed E-state index contributed by atoms with van der Waals surface area (Å²) in [7, 11) is 0. The van der Waals surface area contributed by atoms with Crippen molar-refractivity contribution in [3.05, 3.63) is 83.9 Å². The predicted molar refractivity (Wildman–Crippen MR) is 143 cm³/mol. The highest BCUT2D eigenvalue weighted by molar-refractivity contribution is 5.88. The number of rotatable bonds is 8. The van der Waals surface area contributed by atoms with Gasteiger partial charge in [0, 0.05) is 37.3 Å². The summed E-state index contributed by atoms with van der Waals surface area (Å²) in [4.78, 5) is 4.89. The van der Waals surface area contributed by atoms with Crippen LogP contribution >= 0.6 is 0 Å². The minimum Gasteiger partial charge on any atom is -0.478 e. The second-order valence-electron chi connectivity index (χ2n) is 9.95. The zero-order chi connectivity index (χ0) is 23.5. The largest absolute Gasteiger partial charge is 0.478 e. The molecule has 2 aliphatic heterocycles.